The number of methoxy groups -OCH3 is 1. The predicted octanol–water partition coefficient (Wildman–Crippen LogP) is 2.82. The van der Waals surface area contributed by atoms with Crippen molar-refractivity contribution in [3.63, 3.8) is 0 Å². The van der Waals surface area contributed by atoms with Crippen molar-refractivity contribution in [3.05, 3.63) is 38.6 Å². The van der Waals surface area contributed by atoms with E-state index in [1.54, 1.807) is 7.11 Å². The highest BCUT2D eigenvalue weighted by Gasteiger charge is 2.24. The first-order valence-electron chi connectivity index (χ1n) is 10.6. The Hall–Kier alpha value is -2.59. The van der Waals surface area contributed by atoms with Gasteiger partial charge in [-0.1, -0.05) is 6.07 Å². The molecule has 0 atom stereocenters. The van der Waals surface area contributed by atoms with Gasteiger partial charge in [-0.25, -0.2) is 0 Å². The molecule has 2 aliphatic heterocycles. The van der Waals surface area contributed by atoms with Crippen LogP contribution in [-0.4, -0.2) is 52.0 Å². The van der Waals surface area contributed by atoms with E-state index in [1.165, 1.54) is 0 Å². The molecule has 3 aromatic rings. The highest BCUT2D eigenvalue weighted by Crippen LogP contribution is 2.28. The minimum Gasteiger partial charge on any atom is -0.496 e. The molecule has 0 saturated carbocycles. The van der Waals surface area contributed by atoms with Crippen molar-refractivity contribution in [3.8, 4) is 5.75 Å². The summed E-state index contributed by atoms with van der Waals surface area (Å²) in [6.45, 7) is 3.55. The van der Waals surface area contributed by atoms with Crippen LogP contribution in [0, 0.1) is 0 Å². The summed E-state index contributed by atoms with van der Waals surface area (Å²) >= 11 is 3.56. The van der Waals surface area contributed by atoms with Crippen LogP contribution in [0.4, 0.5) is 11.9 Å². The maximum Gasteiger partial charge on any atom is 0.300 e. The molecule has 2 aliphatic rings. The molecule has 0 amide bonds. The smallest absolute Gasteiger partial charge is 0.300 e. The number of fused-ring (bicyclic) bond motifs is 3. The molecule has 0 radical (unpaired) electrons. The fourth-order valence-corrected chi connectivity index (χ4v) is 4.80. The quantitative estimate of drug-likeness (QED) is 0.569. The summed E-state index contributed by atoms with van der Waals surface area (Å²) in [6.07, 6.45) is 2.78. The van der Waals surface area contributed by atoms with Gasteiger partial charge in [0.25, 0.3) is 0 Å². The first-order chi connectivity index (χ1) is 15.1. The zero-order chi connectivity index (χ0) is 21.4. The molecule has 9 nitrogen and oxygen atoms in total. The number of hydrogen-bond donors (Lipinski definition) is 2. The Morgan fingerprint density at radius 1 is 1.32 bits per heavy atom. The number of halogens is 1. The summed E-state index contributed by atoms with van der Waals surface area (Å²) < 4.78 is 15.7. The Balaban J connectivity index is 1.62. The maximum absolute atomic E-state index is 13.0. The van der Waals surface area contributed by atoms with Crippen LogP contribution in [0.1, 0.15) is 24.8 Å². The van der Waals surface area contributed by atoms with E-state index in [4.69, 9.17) is 14.5 Å². The second-order valence-corrected chi connectivity index (χ2v) is 8.72. The largest absolute Gasteiger partial charge is 0.496 e. The molecule has 0 spiro atoms. The van der Waals surface area contributed by atoms with Crippen LogP contribution in [0.3, 0.4) is 0 Å². The zero-order valence-corrected chi connectivity index (χ0v) is 18.9. The summed E-state index contributed by atoms with van der Waals surface area (Å²) in [5.41, 5.74) is 1.95. The number of benzene rings is 1. The molecule has 0 unspecified atom stereocenters. The van der Waals surface area contributed by atoms with E-state index in [0.717, 1.165) is 61.4 Å². The predicted molar refractivity (Wildman–Crippen MR) is 122 cm³/mol. The van der Waals surface area contributed by atoms with Gasteiger partial charge in [-0.15, -0.1) is 0 Å². The number of hydrogen-bond acceptors (Lipinski definition) is 7. The molecule has 10 heteroatoms. The van der Waals surface area contributed by atoms with E-state index < -0.39 is 0 Å². The van der Waals surface area contributed by atoms with Crippen LogP contribution < -0.4 is 20.9 Å². The van der Waals surface area contributed by atoms with Gasteiger partial charge >= 0.3 is 5.56 Å². The minimum atomic E-state index is -0.268. The van der Waals surface area contributed by atoms with Crippen molar-refractivity contribution in [1.82, 2.24) is 19.1 Å². The van der Waals surface area contributed by atoms with E-state index in [9.17, 15) is 4.79 Å². The lowest BCUT2D eigenvalue weighted by molar-refractivity contribution is 0.0902. The molecule has 164 valence electrons. The second kappa shape index (κ2) is 8.51. The van der Waals surface area contributed by atoms with Crippen LogP contribution in [-0.2, 0) is 17.8 Å². The van der Waals surface area contributed by atoms with Gasteiger partial charge in [0.1, 0.15) is 5.75 Å². The first kappa shape index (κ1) is 20.3. The number of imidazole rings is 1. The first-order valence-corrected chi connectivity index (χ1v) is 11.3. The van der Waals surface area contributed by atoms with E-state index in [1.807, 2.05) is 27.3 Å². The van der Waals surface area contributed by atoms with E-state index in [-0.39, 0.29) is 11.6 Å². The van der Waals surface area contributed by atoms with Crippen molar-refractivity contribution in [1.29, 1.82) is 0 Å². The SMILES string of the molecule is COc1ccc(Cn2c(NC3CCOCC3)nc3c2c(=O)nc2n3CCCN2)cc1Br. The van der Waals surface area contributed by atoms with Crippen LogP contribution in [0.15, 0.2) is 27.5 Å². The standard InChI is InChI=1S/C21H25BrN6O3/c1-30-16-4-3-13(11-15(16)22)12-28-17-18(25-21(28)24-14-5-9-31-10-6-14)27-8-2-7-23-20(27)26-19(17)29/h3-4,11,14H,2,5-10,12H2,1H3,(H,24,25)(H,23,26,29). The van der Waals surface area contributed by atoms with Gasteiger partial charge in [0.2, 0.25) is 11.9 Å². The number of ether oxygens (including phenoxy) is 2. The van der Waals surface area contributed by atoms with Gasteiger partial charge in [-0.05, 0) is 52.9 Å². The molecular weight excluding hydrogens is 464 g/mol. The van der Waals surface area contributed by atoms with Crippen molar-refractivity contribution >= 4 is 39.0 Å². The lowest BCUT2D eigenvalue weighted by Gasteiger charge is -2.24. The van der Waals surface area contributed by atoms with E-state index >= 15 is 0 Å². The summed E-state index contributed by atoms with van der Waals surface area (Å²) in [4.78, 5) is 22.2. The Labute approximate surface area is 187 Å². The number of aromatic nitrogens is 4. The van der Waals surface area contributed by atoms with Gasteiger partial charge in [0, 0.05) is 32.3 Å². The topological polar surface area (TPSA) is 95.2 Å². The molecular formula is C21H25BrN6O3. The Morgan fingerprint density at radius 2 is 2.16 bits per heavy atom. The molecule has 1 aromatic carbocycles. The fraction of sp³-hybridized carbons (Fsp3) is 0.476. The van der Waals surface area contributed by atoms with Gasteiger partial charge in [0.05, 0.1) is 18.1 Å². The summed E-state index contributed by atoms with van der Waals surface area (Å²) in [6, 6.07) is 6.18. The fourth-order valence-electron chi connectivity index (χ4n) is 4.21. The summed E-state index contributed by atoms with van der Waals surface area (Å²) in [7, 11) is 1.64. The Bertz CT molecular complexity index is 1170. The third-order valence-electron chi connectivity index (χ3n) is 5.82. The molecule has 0 bridgehead atoms. The normalized spacial score (nSPS) is 16.7. The third kappa shape index (κ3) is 3.89. The molecule has 31 heavy (non-hydrogen) atoms. The summed E-state index contributed by atoms with van der Waals surface area (Å²) in [5.74, 6) is 2.05. The number of aryl methyl sites for hydroxylation is 1. The minimum absolute atomic E-state index is 0.258. The van der Waals surface area contributed by atoms with Gasteiger partial charge in [0.15, 0.2) is 11.2 Å². The zero-order valence-electron chi connectivity index (χ0n) is 17.4. The number of rotatable bonds is 5. The third-order valence-corrected chi connectivity index (χ3v) is 6.44. The number of anilines is 2. The highest BCUT2D eigenvalue weighted by molar-refractivity contribution is 9.10. The second-order valence-electron chi connectivity index (χ2n) is 7.87. The van der Waals surface area contributed by atoms with Crippen molar-refractivity contribution < 1.29 is 9.47 Å². The van der Waals surface area contributed by atoms with Crippen LogP contribution >= 0.6 is 15.9 Å². The average molecular weight is 489 g/mol. The highest BCUT2D eigenvalue weighted by atomic mass is 79.9. The molecule has 1 saturated heterocycles. The monoisotopic (exact) mass is 488 g/mol. The molecule has 5 rings (SSSR count). The van der Waals surface area contributed by atoms with Gasteiger partial charge < -0.3 is 20.1 Å². The molecule has 4 heterocycles. The van der Waals surface area contributed by atoms with Crippen molar-refractivity contribution in [2.75, 3.05) is 37.5 Å². The van der Waals surface area contributed by atoms with Crippen LogP contribution in [0.5, 0.6) is 5.75 Å². The summed E-state index contributed by atoms with van der Waals surface area (Å²) in [5, 5.41) is 6.79. The number of nitrogens with zero attached hydrogens (tertiary/aromatic N) is 4. The average Bonchev–Trinajstić information content (AvgIpc) is 3.13. The Morgan fingerprint density at radius 3 is 2.94 bits per heavy atom. The lowest BCUT2D eigenvalue weighted by atomic mass is 10.1. The lowest BCUT2D eigenvalue weighted by Crippen LogP contribution is -2.29. The Kier molecular flexibility index (Phi) is 5.58. The van der Waals surface area contributed by atoms with Crippen molar-refractivity contribution in [2.24, 2.45) is 0 Å². The molecule has 2 N–H and O–H groups in total. The van der Waals surface area contributed by atoms with Gasteiger partial charge in [-0.2, -0.15) is 9.97 Å². The van der Waals surface area contributed by atoms with E-state index in [0.29, 0.717) is 29.6 Å². The number of nitrogens with one attached hydrogen (secondary N) is 2. The maximum atomic E-state index is 13.0. The van der Waals surface area contributed by atoms with Gasteiger partial charge in [-0.3, -0.25) is 13.9 Å². The van der Waals surface area contributed by atoms with E-state index in [2.05, 4.69) is 31.5 Å². The molecule has 1 fully saturated rings. The van der Waals surface area contributed by atoms with Crippen LogP contribution in [0.2, 0.25) is 0 Å². The molecule has 2 aromatic heterocycles. The van der Waals surface area contributed by atoms with Crippen LogP contribution in [0.25, 0.3) is 11.2 Å². The van der Waals surface area contributed by atoms with Crippen molar-refractivity contribution in [2.45, 2.75) is 38.4 Å². The molecule has 0 aliphatic carbocycles.